The summed E-state index contributed by atoms with van der Waals surface area (Å²) in [4.78, 5) is 17.4. The molecule has 1 atom stereocenters. The largest absolute Gasteiger partial charge is 0.359 e. The normalized spacial score (nSPS) is 14.4. The number of nitrogens with one attached hydrogen (secondary N) is 2. The van der Waals surface area contributed by atoms with Crippen molar-refractivity contribution in [3.63, 3.8) is 0 Å². The molecule has 5 heteroatoms. The molecule has 0 saturated carbocycles. The standard InChI is InChI=1S/C31H30N4O/c1-21-9-15-27(28(18-21)23-6-3-2-4-7-23)30-24(19-25-8-5-17-33-31(25)35-30)12-16-29(36)34-26-13-10-22(20-32)11-14-26/h2-11,13-15,17-19,30H,12,16,20,32H2,1H3,(H,33,35)(H,34,36). The van der Waals surface area contributed by atoms with Gasteiger partial charge < -0.3 is 16.4 Å². The summed E-state index contributed by atoms with van der Waals surface area (Å²) in [6, 6.07) is 28.6. The molecule has 0 spiro atoms. The van der Waals surface area contributed by atoms with Gasteiger partial charge in [0, 0.05) is 30.4 Å². The van der Waals surface area contributed by atoms with E-state index in [1.165, 1.54) is 22.3 Å². The van der Waals surface area contributed by atoms with Crippen molar-refractivity contribution in [2.45, 2.75) is 32.4 Å². The SMILES string of the molecule is Cc1ccc(C2Nc3ncccc3C=C2CCC(=O)Nc2ccc(CN)cc2)c(-c2ccccc2)c1. The van der Waals surface area contributed by atoms with Crippen LogP contribution in [0.25, 0.3) is 17.2 Å². The lowest BCUT2D eigenvalue weighted by Gasteiger charge is -2.30. The number of aromatic nitrogens is 1. The molecule has 1 amide bonds. The second-order valence-electron chi connectivity index (χ2n) is 9.14. The van der Waals surface area contributed by atoms with E-state index in [4.69, 9.17) is 5.73 Å². The van der Waals surface area contributed by atoms with E-state index in [0.29, 0.717) is 19.4 Å². The maximum Gasteiger partial charge on any atom is 0.224 e. The van der Waals surface area contributed by atoms with Crippen LogP contribution in [-0.4, -0.2) is 10.9 Å². The van der Waals surface area contributed by atoms with E-state index in [0.717, 1.165) is 28.2 Å². The molecule has 0 radical (unpaired) electrons. The molecule has 5 rings (SSSR count). The van der Waals surface area contributed by atoms with E-state index >= 15 is 0 Å². The topological polar surface area (TPSA) is 80.0 Å². The van der Waals surface area contributed by atoms with Gasteiger partial charge in [-0.3, -0.25) is 4.79 Å². The molecule has 1 aliphatic heterocycles. The second-order valence-corrected chi connectivity index (χ2v) is 9.14. The maximum absolute atomic E-state index is 12.8. The van der Waals surface area contributed by atoms with Gasteiger partial charge in [0.25, 0.3) is 0 Å². The first-order valence-corrected chi connectivity index (χ1v) is 12.3. The van der Waals surface area contributed by atoms with Gasteiger partial charge in [0.1, 0.15) is 5.82 Å². The molecule has 1 unspecified atom stereocenters. The highest BCUT2D eigenvalue weighted by Crippen LogP contribution is 2.40. The van der Waals surface area contributed by atoms with Crippen molar-refractivity contribution in [2.75, 3.05) is 10.6 Å². The number of amides is 1. The lowest BCUT2D eigenvalue weighted by atomic mass is 9.85. The summed E-state index contributed by atoms with van der Waals surface area (Å²) in [6.45, 7) is 2.60. The molecular formula is C31H30N4O. The molecule has 4 N–H and O–H groups in total. The smallest absolute Gasteiger partial charge is 0.224 e. The van der Waals surface area contributed by atoms with Crippen molar-refractivity contribution in [1.82, 2.24) is 4.98 Å². The number of pyridine rings is 1. The average molecular weight is 475 g/mol. The monoisotopic (exact) mass is 474 g/mol. The zero-order valence-electron chi connectivity index (χ0n) is 20.4. The van der Waals surface area contributed by atoms with Crippen molar-refractivity contribution in [2.24, 2.45) is 5.73 Å². The summed E-state index contributed by atoms with van der Waals surface area (Å²) in [6.07, 6.45) is 4.99. The van der Waals surface area contributed by atoms with Gasteiger partial charge in [-0.25, -0.2) is 4.98 Å². The van der Waals surface area contributed by atoms with Crippen LogP contribution >= 0.6 is 0 Å². The number of hydrogen-bond donors (Lipinski definition) is 3. The van der Waals surface area contributed by atoms with Gasteiger partial charge in [-0.15, -0.1) is 0 Å². The quantitative estimate of drug-likeness (QED) is 0.286. The number of nitrogens with two attached hydrogens (primary N) is 1. The lowest BCUT2D eigenvalue weighted by molar-refractivity contribution is -0.116. The van der Waals surface area contributed by atoms with Crippen LogP contribution in [-0.2, 0) is 11.3 Å². The number of anilines is 2. The molecule has 0 saturated heterocycles. The van der Waals surface area contributed by atoms with Gasteiger partial charge in [0.15, 0.2) is 0 Å². The van der Waals surface area contributed by atoms with E-state index in [9.17, 15) is 4.79 Å². The molecule has 0 aliphatic carbocycles. The highest BCUT2D eigenvalue weighted by molar-refractivity contribution is 5.91. The minimum atomic E-state index is -0.0835. The first kappa shape index (κ1) is 23.5. The van der Waals surface area contributed by atoms with Gasteiger partial charge >= 0.3 is 0 Å². The van der Waals surface area contributed by atoms with Gasteiger partial charge in [0.2, 0.25) is 5.91 Å². The Hall–Kier alpha value is -4.22. The first-order chi connectivity index (χ1) is 17.6. The highest BCUT2D eigenvalue weighted by Gasteiger charge is 2.26. The van der Waals surface area contributed by atoms with Crippen LogP contribution in [0.4, 0.5) is 11.5 Å². The Morgan fingerprint density at radius 3 is 2.58 bits per heavy atom. The van der Waals surface area contributed by atoms with Crippen LogP contribution in [0, 0.1) is 6.92 Å². The van der Waals surface area contributed by atoms with Crippen LogP contribution in [0.5, 0.6) is 0 Å². The third-order valence-electron chi connectivity index (χ3n) is 6.55. The first-order valence-electron chi connectivity index (χ1n) is 12.3. The lowest BCUT2D eigenvalue weighted by Crippen LogP contribution is -2.21. The van der Waals surface area contributed by atoms with Crippen molar-refractivity contribution < 1.29 is 4.79 Å². The fourth-order valence-corrected chi connectivity index (χ4v) is 4.66. The Morgan fingerprint density at radius 1 is 1.00 bits per heavy atom. The molecular weight excluding hydrogens is 444 g/mol. The molecule has 0 bridgehead atoms. The molecule has 180 valence electrons. The summed E-state index contributed by atoms with van der Waals surface area (Å²) in [7, 11) is 0. The molecule has 1 aromatic heterocycles. The van der Waals surface area contributed by atoms with E-state index < -0.39 is 0 Å². The predicted molar refractivity (Wildman–Crippen MR) is 147 cm³/mol. The Kier molecular flexibility index (Phi) is 6.92. The Bertz CT molecular complexity index is 1390. The van der Waals surface area contributed by atoms with Crippen LogP contribution in [0.3, 0.4) is 0 Å². The summed E-state index contributed by atoms with van der Waals surface area (Å²) >= 11 is 0. The molecule has 2 heterocycles. The molecule has 5 nitrogen and oxygen atoms in total. The number of fused-ring (bicyclic) bond motifs is 1. The van der Waals surface area contributed by atoms with Crippen LogP contribution in [0.1, 0.15) is 41.1 Å². The minimum absolute atomic E-state index is 0.0145. The minimum Gasteiger partial charge on any atom is -0.359 e. The number of nitrogens with zero attached hydrogens (tertiary/aromatic N) is 1. The van der Waals surface area contributed by atoms with Crippen LogP contribution < -0.4 is 16.4 Å². The third-order valence-corrected chi connectivity index (χ3v) is 6.55. The Morgan fingerprint density at radius 2 is 1.81 bits per heavy atom. The predicted octanol–water partition coefficient (Wildman–Crippen LogP) is 6.48. The molecule has 1 aliphatic rings. The third kappa shape index (κ3) is 5.21. The van der Waals surface area contributed by atoms with E-state index in [1.807, 2.05) is 36.4 Å². The van der Waals surface area contributed by atoms with E-state index in [1.54, 1.807) is 6.20 Å². The van der Waals surface area contributed by atoms with Crippen LogP contribution in [0.15, 0.2) is 96.7 Å². The number of aryl methyl sites for hydroxylation is 1. The second kappa shape index (κ2) is 10.6. The summed E-state index contributed by atoms with van der Waals surface area (Å²) < 4.78 is 0. The van der Waals surface area contributed by atoms with Crippen molar-refractivity contribution in [1.29, 1.82) is 0 Å². The van der Waals surface area contributed by atoms with E-state index in [-0.39, 0.29) is 11.9 Å². The Balaban J connectivity index is 1.43. The summed E-state index contributed by atoms with van der Waals surface area (Å²) in [5.74, 6) is 0.842. The van der Waals surface area contributed by atoms with Crippen molar-refractivity contribution in [3.05, 3.63) is 119 Å². The van der Waals surface area contributed by atoms with Gasteiger partial charge in [-0.05, 0) is 71.5 Å². The van der Waals surface area contributed by atoms with Crippen LogP contribution in [0.2, 0.25) is 0 Å². The number of benzene rings is 3. The fourth-order valence-electron chi connectivity index (χ4n) is 4.66. The number of rotatable bonds is 7. The molecule has 4 aromatic rings. The molecule has 3 aromatic carbocycles. The fraction of sp³-hybridized carbons (Fsp3) is 0.161. The zero-order chi connectivity index (χ0) is 24.9. The number of hydrogen-bond acceptors (Lipinski definition) is 4. The van der Waals surface area contributed by atoms with Crippen molar-refractivity contribution in [3.8, 4) is 11.1 Å². The van der Waals surface area contributed by atoms with Crippen molar-refractivity contribution >= 4 is 23.5 Å². The maximum atomic E-state index is 12.8. The van der Waals surface area contributed by atoms with Gasteiger partial charge in [-0.2, -0.15) is 0 Å². The highest BCUT2D eigenvalue weighted by atomic mass is 16.1. The Labute approximate surface area is 212 Å². The average Bonchev–Trinajstić information content (AvgIpc) is 2.92. The van der Waals surface area contributed by atoms with Gasteiger partial charge in [-0.1, -0.05) is 66.2 Å². The number of carbonyl (C=O) groups excluding carboxylic acids is 1. The van der Waals surface area contributed by atoms with E-state index in [2.05, 4.69) is 77.1 Å². The van der Waals surface area contributed by atoms with Gasteiger partial charge in [0.05, 0.1) is 6.04 Å². The summed E-state index contributed by atoms with van der Waals surface area (Å²) in [5, 5.41) is 6.67. The molecule has 0 fully saturated rings. The number of carbonyl (C=O) groups is 1. The molecule has 36 heavy (non-hydrogen) atoms. The zero-order valence-corrected chi connectivity index (χ0v) is 20.4. The summed E-state index contributed by atoms with van der Waals surface area (Å²) in [5.41, 5.74) is 14.4.